The first kappa shape index (κ1) is 13.7. The number of hydrogen-bond donors (Lipinski definition) is 4. The lowest BCUT2D eigenvalue weighted by Gasteiger charge is -2.18. The topological polar surface area (TPSA) is 132 Å². The van der Waals surface area contributed by atoms with Crippen LogP contribution < -0.4 is 0 Å². The van der Waals surface area contributed by atoms with Crippen LogP contribution in [-0.2, 0) is 14.4 Å². The largest absolute Gasteiger partial charge is 0.479 e. The molecule has 7 heteroatoms. The number of aliphatic hydroxyl groups is 3. The molecule has 0 radical (unpaired) electrons. The second-order valence-electron chi connectivity index (χ2n) is 3.02. The zero-order valence-corrected chi connectivity index (χ0v) is 7.95. The third-order valence-corrected chi connectivity index (χ3v) is 1.76. The zero-order chi connectivity index (χ0) is 12.2. The molecule has 0 bridgehead atoms. The number of carboxylic acids is 1. The van der Waals surface area contributed by atoms with Gasteiger partial charge in [-0.1, -0.05) is 0 Å². The Kier molecular flexibility index (Phi) is 5.06. The highest BCUT2D eigenvalue weighted by Crippen LogP contribution is 2.05. The van der Waals surface area contributed by atoms with Gasteiger partial charge in [-0.25, -0.2) is 4.79 Å². The summed E-state index contributed by atoms with van der Waals surface area (Å²) in [5, 5.41) is 35.2. The van der Waals surface area contributed by atoms with E-state index in [-0.39, 0.29) is 0 Å². The van der Waals surface area contributed by atoms with Gasteiger partial charge in [-0.05, 0) is 0 Å². The smallest absolute Gasteiger partial charge is 0.335 e. The highest BCUT2D eigenvalue weighted by molar-refractivity contribution is 6.36. The summed E-state index contributed by atoms with van der Waals surface area (Å²) in [5.74, 6) is -3.48. The van der Waals surface area contributed by atoms with Gasteiger partial charge in [-0.15, -0.1) is 0 Å². The summed E-state index contributed by atoms with van der Waals surface area (Å²) < 4.78 is 0. The minimum absolute atomic E-state index is 0.721. The predicted octanol–water partition coefficient (Wildman–Crippen LogP) is -2.30. The van der Waals surface area contributed by atoms with Crippen LogP contribution in [0.1, 0.15) is 13.3 Å². The normalized spacial score (nSPS) is 16.5. The van der Waals surface area contributed by atoms with Gasteiger partial charge >= 0.3 is 5.97 Å². The maximum atomic E-state index is 10.8. The predicted molar refractivity (Wildman–Crippen MR) is 46.0 cm³/mol. The monoisotopic (exact) mass is 220 g/mol. The van der Waals surface area contributed by atoms with Gasteiger partial charge in [0.05, 0.1) is 6.10 Å². The van der Waals surface area contributed by atoms with Crippen molar-refractivity contribution >= 4 is 17.5 Å². The molecule has 0 aromatic heterocycles. The maximum Gasteiger partial charge on any atom is 0.335 e. The standard InChI is InChI=1S/C8H12O7/c1-3(9)4(10)2-5(11)6(12)7(13)8(14)15/h5-7,11-13H,2H2,1H3,(H,14,15)/t5-,6-,7+/m0/s1. The third kappa shape index (κ3) is 4.15. The summed E-state index contributed by atoms with van der Waals surface area (Å²) in [5.41, 5.74) is 0. The number of carboxylic acid groups (broad SMARTS) is 1. The van der Waals surface area contributed by atoms with Crippen molar-refractivity contribution < 1.29 is 34.8 Å². The van der Waals surface area contributed by atoms with Gasteiger partial charge in [-0.3, -0.25) is 9.59 Å². The van der Waals surface area contributed by atoms with Crippen molar-refractivity contribution in [2.75, 3.05) is 0 Å². The minimum Gasteiger partial charge on any atom is -0.479 e. The molecule has 0 saturated heterocycles. The molecule has 0 aliphatic carbocycles. The summed E-state index contributed by atoms with van der Waals surface area (Å²) in [4.78, 5) is 31.5. The molecule has 0 fully saturated rings. The molecule has 4 N–H and O–H groups in total. The molecule has 0 rings (SSSR count). The fraction of sp³-hybridized carbons (Fsp3) is 0.625. The Morgan fingerprint density at radius 1 is 1.13 bits per heavy atom. The first-order valence-corrected chi connectivity index (χ1v) is 4.08. The van der Waals surface area contributed by atoms with Crippen molar-refractivity contribution in [3.05, 3.63) is 0 Å². The fourth-order valence-electron chi connectivity index (χ4n) is 0.811. The van der Waals surface area contributed by atoms with Gasteiger partial charge in [0.15, 0.2) is 11.9 Å². The van der Waals surface area contributed by atoms with E-state index in [1.807, 2.05) is 0 Å². The molecule has 0 unspecified atom stereocenters. The molecular weight excluding hydrogens is 208 g/mol. The lowest BCUT2D eigenvalue weighted by Crippen LogP contribution is -2.43. The highest BCUT2D eigenvalue weighted by atomic mass is 16.4. The number of rotatable bonds is 6. The molecule has 0 aromatic rings. The van der Waals surface area contributed by atoms with Crippen LogP contribution in [0.15, 0.2) is 0 Å². The van der Waals surface area contributed by atoms with E-state index in [0.29, 0.717) is 0 Å². The number of aliphatic hydroxyl groups excluding tert-OH is 3. The van der Waals surface area contributed by atoms with Crippen LogP contribution in [0.2, 0.25) is 0 Å². The van der Waals surface area contributed by atoms with Crippen LogP contribution in [-0.4, -0.2) is 56.3 Å². The summed E-state index contributed by atoms with van der Waals surface area (Å²) in [6.45, 7) is 0.981. The Hall–Kier alpha value is -1.31. The Balaban J connectivity index is 4.33. The van der Waals surface area contributed by atoms with Crippen LogP contribution in [0.25, 0.3) is 0 Å². The van der Waals surface area contributed by atoms with E-state index in [4.69, 9.17) is 20.4 Å². The maximum absolute atomic E-state index is 10.8. The Morgan fingerprint density at radius 2 is 1.60 bits per heavy atom. The highest BCUT2D eigenvalue weighted by Gasteiger charge is 2.31. The average molecular weight is 220 g/mol. The molecule has 0 saturated carbocycles. The van der Waals surface area contributed by atoms with Crippen LogP contribution in [0.5, 0.6) is 0 Å². The number of aliphatic carboxylic acids is 1. The molecule has 0 amide bonds. The molecular formula is C8H12O7. The molecule has 3 atom stereocenters. The summed E-state index contributed by atoms with van der Waals surface area (Å²) in [7, 11) is 0. The first-order valence-electron chi connectivity index (χ1n) is 4.08. The van der Waals surface area contributed by atoms with E-state index in [9.17, 15) is 14.4 Å². The zero-order valence-electron chi connectivity index (χ0n) is 7.95. The van der Waals surface area contributed by atoms with Gasteiger partial charge in [0.2, 0.25) is 5.78 Å². The molecule has 7 nitrogen and oxygen atoms in total. The Bertz CT molecular complexity index is 272. The first-order chi connectivity index (χ1) is 6.77. The molecule has 0 heterocycles. The summed E-state index contributed by atoms with van der Waals surface area (Å²) in [6.07, 6.45) is -6.71. The summed E-state index contributed by atoms with van der Waals surface area (Å²) in [6, 6.07) is 0. The van der Waals surface area contributed by atoms with Gasteiger partial charge in [-0.2, -0.15) is 0 Å². The number of ketones is 2. The van der Waals surface area contributed by atoms with Crippen LogP contribution in [0.3, 0.4) is 0 Å². The second kappa shape index (κ2) is 5.54. The Labute approximate surface area is 85.0 Å². The summed E-state index contributed by atoms with van der Waals surface area (Å²) >= 11 is 0. The molecule has 0 aliphatic heterocycles. The number of carbonyl (C=O) groups is 3. The van der Waals surface area contributed by atoms with Crippen molar-refractivity contribution in [2.24, 2.45) is 0 Å². The SMILES string of the molecule is CC(=O)C(=O)C[C@H](O)[C@H](O)[C@@H](O)C(=O)O. The van der Waals surface area contributed by atoms with Gasteiger partial charge in [0.25, 0.3) is 0 Å². The van der Waals surface area contributed by atoms with Crippen molar-refractivity contribution in [1.82, 2.24) is 0 Å². The average Bonchev–Trinajstić information content (AvgIpc) is 2.14. The molecule has 0 spiro atoms. The van der Waals surface area contributed by atoms with E-state index in [1.165, 1.54) is 0 Å². The van der Waals surface area contributed by atoms with Crippen LogP contribution in [0.4, 0.5) is 0 Å². The molecule has 15 heavy (non-hydrogen) atoms. The van der Waals surface area contributed by atoms with Gasteiger partial charge in [0.1, 0.15) is 6.10 Å². The number of hydrogen-bond acceptors (Lipinski definition) is 6. The van der Waals surface area contributed by atoms with Crippen LogP contribution in [0, 0.1) is 0 Å². The molecule has 0 aliphatic rings. The van der Waals surface area contributed by atoms with Gasteiger partial charge in [0, 0.05) is 13.3 Å². The van der Waals surface area contributed by atoms with Crippen molar-refractivity contribution in [1.29, 1.82) is 0 Å². The van der Waals surface area contributed by atoms with E-state index >= 15 is 0 Å². The van der Waals surface area contributed by atoms with Crippen molar-refractivity contribution in [3.8, 4) is 0 Å². The van der Waals surface area contributed by atoms with Gasteiger partial charge < -0.3 is 20.4 Å². The van der Waals surface area contributed by atoms with Crippen LogP contribution >= 0.6 is 0 Å². The molecule has 86 valence electrons. The second-order valence-corrected chi connectivity index (χ2v) is 3.02. The quantitative estimate of drug-likeness (QED) is 0.370. The Morgan fingerprint density at radius 3 is 1.93 bits per heavy atom. The van der Waals surface area contributed by atoms with E-state index in [2.05, 4.69) is 0 Å². The number of carbonyl (C=O) groups excluding carboxylic acids is 2. The minimum atomic E-state index is -2.19. The van der Waals surface area contributed by atoms with E-state index in [1.54, 1.807) is 0 Å². The van der Waals surface area contributed by atoms with Crippen molar-refractivity contribution in [3.63, 3.8) is 0 Å². The van der Waals surface area contributed by atoms with E-state index < -0.39 is 42.3 Å². The lowest BCUT2D eigenvalue weighted by molar-refractivity contribution is -0.159. The lowest BCUT2D eigenvalue weighted by atomic mass is 10.0. The number of Topliss-reactive ketones (excluding diaryl/α,β-unsaturated/α-hetero) is 2. The third-order valence-electron chi connectivity index (χ3n) is 1.76. The fourth-order valence-corrected chi connectivity index (χ4v) is 0.811. The van der Waals surface area contributed by atoms with Crippen molar-refractivity contribution in [2.45, 2.75) is 31.7 Å². The molecule has 0 aromatic carbocycles. The van der Waals surface area contributed by atoms with E-state index in [0.717, 1.165) is 6.92 Å².